The fourth-order valence-corrected chi connectivity index (χ4v) is 3.48. The first-order chi connectivity index (χ1) is 10.7. The molecular formula is C16H16N4O2. The van der Waals surface area contributed by atoms with Crippen LogP contribution in [-0.2, 0) is 11.8 Å². The van der Waals surface area contributed by atoms with E-state index < -0.39 is 0 Å². The van der Waals surface area contributed by atoms with E-state index in [2.05, 4.69) is 5.10 Å². The highest BCUT2D eigenvalue weighted by molar-refractivity contribution is 6.21. The van der Waals surface area contributed by atoms with Gasteiger partial charge in [0.25, 0.3) is 5.91 Å². The summed E-state index contributed by atoms with van der Waals surface area (Å²) < 4.78 is 1.55. The molecule has 3 amide bonds. The number of imide groups is 1. The van der Waals surface area contributed by atoms with Crippen molar-refractivity contribution in [1.82, 2.24) is 14.7 Å². The van der Waals surface area contributed by atoms with Crippen LogP contribution in [0.1, 0.15) is 24.4 Å². The van der Waals surface area contributed by atoms with Crippen LogP contribution in [-0.4, -0.2) is 32.7 Å². The Hall–Kier alpha value is -2.63. The molecule has 0 bridgehead atoms. The van der Waals surface area contributed by atoms with Gasteiger partial charge in [0.1, 0.15) is 11.9 Å². The van der Waals surface area contributed by atoms with E-state index in [0.29, 0.717) is 12.2 Å². The van der Waals surface area contributed by atoms with E-state index in [1.54, 1.807) is 28.9 Å². The van der Waals surface area contributed by atoms with Gasteiger partial charge in [-0.25, -0.2) is 9.69 Å². The summed E-state index contributed by atoms with van der Waals surface area (Å²) in [6.45, 7) is 0. The Morgan fingerprint density at radius 1 is 1.05 bits per heavy atom. The number of hydrogen-bond donors (Lipinski definition) is 0. The minimum absolute atomic E-state index is 0.0270. The van der Waals surface area contributed by atoms with Crippen LogP contribution in [0.4, 0.5) is 10.6 Å². The number of aromatic nitrogens is 2. The molecule has 6 heteroatoms. The Labute approximate surface area is 127 Å². The summed E-state index contributed by atoms with van der Waals surface area (Å²) in [4.78, 5) is 28.5. The molecule has 2 saturated heterocycles. The van der Waals surface area contributed by atoms with Crippen molar-refractivity contribution >= 4 is 17.8 Å². The van der Waals surface area contributed by atoms with Crippen LogP contribution in [0, 0.1) is 0 Å². The number of fused-ring (bicyclic) bond motifs is 1. The smallest absolute Gasteiger partial charge is 0.305 e. The molecule has 0 saturated carbocycles. The first kappa shape index (κ1) is 13.1. The number of benzene rings is 1. The predicted octanol–water partition coefficient (Wildman–Crippen LogP) is 2.09. The number of rotatable bonds is 2. The number of carbonyl (C=O) groups excluding carboxylic acids is 2. The first-order valence-corrected chi connectivity index (χ1v) is 7.37. The third-order valence-corrected chi connectivity index (χ3v) is 4.51. The van der Waals surface area contributed by atoms with E-state index >= 15 is 0 Å². The van der Waals surface area contributed by atoms with E-state index in [0.717, 1.165) is 12.0 Å². The van der Waals surface area contributed by atoms with Gasteiger partial charge in [-0.15, -0.1) is 0 Å². The average molecular weight is 296 g/mol. The Morgan fingerprint density at radius 3 is 2.45 bits per heavy atom. The second-order valence-electron chi connectivity index (χ2n) is 5.70. The summed E-state index contributed by atoms with van der Waals surface area (Å²) >= 11 is 0. The van der Waals surface area contributed by atoms with E-state index in [1.165, 1.54) is 4.90 Å². The highest BCUT2D eigenvalue weighted by atomic mass is 16.2. The molecule has 2 fully saturated rings. The number of carbonyl (C=O) groups is 2. The fraction of sp³-hybridized carbons (Fsp3) is 0.312. The summed E-state index contributed by atoms with van der Waals surface area (Å²) in [5.41, 5.74) is 1.08. The molecule has 0 aliphatic carbocycles. The summed E-state index contributed by atoms with van der Waals surface area (Å²) in [5.74, 6) is 0.378. The first-order valence-electron chi connectivity index (χ1n) is 7.37. The molecule has 22 heavy (non-hydrogen) atoms. The van der Waals surface area contributed by atoms with Gasteiger partial charge in [-0.3, -0.25) is 9.48 Å². The molecular weight excluding hydrogens is 280 g/mol. The standard InChI is InChI=1S/C16H16N4O2/c1-18-14(9-10-17-18)20-15(21)13-8-7-12(19(13)16(20)22)11-5-3-2-4-6-11/h2-6,9-10,12-13H,7-8H2,1H3/t12-,13-/m0/s1. The SMILES string of the molecule is Cn1nccc1N1C(=O)[C@@H]2CC[C@@H](c3ccccc3)N2C1=O. The van der Waals surface area contributed by atoms with Gasteiger partial charge >= 0.3 is 6.03 Å². The van der Waals surface area contributed by atoms with Crippen LogP contribution >= 0.6 is 0 Å². The largest absolute Gasteiger partial charge is 0.333 e. The van der Waals surface area contributed by atoms with Crippen molar-refractivity contribution in [2.24, 2.45) is 7.05 Å². The van der Waals surface area contributed by atoms with E-state index in [1.807, 2.05) is 30.3 Å². The molecule has 0 N–H and O–H groups in total. The summed E-state index contributed by atoms with van der Waals surface area (Å²) in [5, 5.41) is 4.05. The van der Waals surface area contributed by atoms with Crippen molar-refractivity contribution < 1.29 is 9.59 Å². The summed E-state index contributed by atoms with van der Waals surface area (Å²) in [6.07, 6.45) is 3.12. The number of urea groups is 1. The van der Waals surface area contributed by atoms with Crippen LogP contribution in [0.2, 0.25) is 0 Å². The Balaban J connectivity index is 1.72. The molecule has 1 aromatic heterocycles. The molecule has 2 aromatic rings. The lowest BCUT2D eigenvalue weighted by Gasteiger charge is -2.23. The zero-order valence-corrected chi connectivity index (χ0v) is 12.2. The molecule has 112 valence electrons. The number of hydrogen-bond acceptors (Lipinski definition) is 3. The normalized spacial score (nSPS) is 24.2. The van der Waals surface area contributed by atoms with Gasteiger partial charge in [-0.1, -0.05) is 30.3 Å². The molecule has 0 unspecified atom stereocenters. The van der Waals surface area contributed by atoms with Gasteiger partial charge in [0, 0.05) is 13.1 Å². The van der Waals surface area contributed by atoms with E-state index in [4.69, 9.17) is 0 Å². The van der Waals surface area contributed by atoms with Gasteiger partial charge in [0.05, 0.1) is 12.2 Å². The lowest BCUT2D eigenvalue weighted by atomic mass is 10.0. The molecule has 1 aromatic carbocycles. The second-order valence-corrected chi connectivity index (χ2v) is 5.70. The third-order valence-electron chi connectivity index (χ3n) is 4.51. The predicted molar refractivity (Wildman–Crippen MR) is 80.1 cm³/mol. The van der Waals surface area contributed by atoms with Crippen molar-refractivity contribution in [3.05, 3.63) is 48.2 Å². The highest BCUT2D eigenvalue weighted by Gasteiger charge is 2.53. The maximum Gasteiger partial charge on any atom is 0.333 e. The van der Waals surface area contributed by atoms with Crippen molar-refractivity contribution in [2.45, 2.75) is 24.9 Å². The third kappa shape index (κ3) is 1.70. The lowest BCUT2D eigenvalue weighted by Crippen LogP contribution is -2.35. The molecule has 2 aliphatic heterocycles. The highest BCUT2D eigenvalue weighted by Crippen LogP contribution is 2.42. The molecule has 0 radical (unpaired) electrons. The van der Waals surface area contributed by atoms with E-state index in [9.17, 15) is 9.59 Å². The van der Waals surface area contributed by atoms with Crippen LogP contribution in [0.3, 0.4) is 0 Å². The minimum atomic E-state index is -0.354. The minimum Gasteiger partial charge on any atom is -0.305 e. The maximum atomic E-state index is 12.8. The quantitative estimate of drug-likeness (QED) is 0.797. The number of nitrogens with zero attached hydrogens (tertiary/aromatic N) is 4. The van der Waals surface area contributed by atoms with Gasteiger partial charge < -0.3 is 4.90 Å². The molecule has 2 atom stereocenters. The van der Waals surface area contributed by atoms with Crippen LogP contribution in [0.25, 0.3) is 0 Å². The van der Waals surface area contributed by atoms with Crippen molar-refractivity contribution in [3.8, 4) is 0 Å². The summed E-state index contributed by atoms with van der Waals surface area (Å²) in [7, 11) is 1.73. The number of amides is 3. The van der Waals surface area contributed by atoms with Crippen molar-refractivity contribution in [1.29, 1.82) is 0 Å². The van der Waals surface area contributed by atoms with Crippen LogP contribution in [0.15, 0.2) is 42.6 Å². The maximum absolute atomic E-state index is 12.8. The Morgan fingerprint density at radius 2 is 1.77 bits per heavy atom. The molecule has 6 nitrogen and oxygen atoms in total. The van der Waals surface area contributed by atoms with Gasteiger partial charge in [-0.05, 0) is 18.4 Å². The van der Waals surface area contributed by atoms with Gasteiger partial charge in [0.15, 0.2) is 0 Å². The number of aryl methyl sites for hydroxylation is 1. The van der Waals surface area contributed by atoms with Crippen molar-refractivity contribution in [2.75, 3.05) is 4.90 Å². The second kappa shape index (κ2) is 4.69. The van der Waals surface area contributed by atoms with Crippen LogP contribution in [0.5, 0.6) is 0 Å². The molecule has 2 aliphatic rings. The fourth-order valence-electron chi connectivity index (χ4n) is 3.48. The molecule has 3 heterocycles. The Bertz CT molecular complexity index is 740. The molecule has 4 rings (SSSR count). The monoisotopic (exact) mass is 296 g/mol. The Kier molecular flexibility index (Phi) is 2.79. The average Bonchev–Trinajstić information content (AvgIpc) is 3.19. The zero-order chi connectivity index (χ0) is 15.3. The number of anilines is 1. The van der Waals surface area contributed by atoms with E-state index in [-0.39, 0.29) is 24.0 Å². The van der Waals surface area contributed by atoms with Gasteiger partial charge in [0.2, 0.25) is 0 Å². The van der Waals surface area contributed by atoms with Crippen molar-refractivity contribution in [3.63, 3.8) is 0 Å². The summed E-state index contributed by atoms with van der Waals surface area (Å²) in [6, 6.07) is 11.0. The van der Waals surface area contributed by atoms with Crippen LogP contribution < -0.4 is 4.90 Å². The topological polar surface area (TPSA) is 58.4 Å². The zero-order valence-electron chi connectivity index (χ0n) is 12.2. The van der Waals surface area contributed by atoms with Gasteiger partial charge in [-0.2, -0.15) is 5.10 Å². The molecule has 0 spiro atoms. The lowest BCUT2D eigenvalue weighted by molar-refractivity contribution is -0.119.